The van der Waals surface area contributed by atoms with Gasteiger partial charge in [-0.2, -0.15) is 0 Å². The van der Waals surface area contributed by atoms with Crippen molar-refractivity contribution in [3.05, 3.63) is 99.9 Å². The minimum atomic E-state index is -1.49. The van der Waals surface area contributed by atoms with Gasteiger partial charge in [-0.1, -0.05) is 43.8 Å². The van der Waals surface area contributed by atoms with E-state index in [9.17, 15) is 33.6 Å². The summed E-state index contributed by atoms with van der Waals surface area (Å²) in [6, 6.07) is 11.1. The van der Waals surface area contributed by atoms with Gasteiger partial charge >= 0.3 is 0 Å². The lowest BCUT2D eigenvalue weighted by molar-refractivity contribution is 0.0832. The summed E-state index contributed by atoms with van der Waals surface area (Å²) in [6.07, 6.45) is 1.40. The molecule has 0 aliphatic heterocycles. The van der Waals surface area contributed by atoms with Crippen LogP contribution in [0.2, 0.25) is 0 Å². The number of aromatic nitrogens is 1. The molecule has 0 saturated carbocycles. The second-order valence-corrected chi connectivity index (χ2v) is 9.78. The molecular weight excluding hydrogens is 598 g/mol. The summed E-state index contributed by atoms with van der Waals surface area (Å²) in [6.45, 7) is 5.16. The predicted molar refractivity (Wildman–Crippen MR) is 165 cm³/mol. The Kier molecular flexibility index (Phi) is 9.07. The third-order valence-corrected chi connectivity index (χ3v) is 6.87. The van der Waals surface area contributed by atoms with Crippen molar-refractivity contribution in [3.63, 3.8) is 0 Å². The first kappa shape index (κ1) is 32.3. The zero-order chi connectivity index (χ0) is 33.9. The van der Waals surface area contributed by atoms with E-state index in [-0.39, 0.29) is 17.9 Å². The van der Waals surface area contributed by atoms with E-state index in [4.69, 9.17) is 27.4 Å². The SMILES string of the molecule is C=Cc1cccc(C(=O)Nc2c(C(N)=O)c(C(N)=O)c(C(N)=O)c(C(=O)N[C@@H](CC)C(=O)c3nc4ccccc4o3)c2C(N)=O)c1. The van der Waals surface area contributed by atoms with Crippen molar-refractivity contribution >= 4 is 64.1 Å². The Bertz CT molecular complexity index is 1960. The lowest BCUT2D eigenvalue weighted by atomic mass is 9.86. The Morgan fingerprint density at radius 2 is 1.39 bits per heavy atom. The first-order valence-electron chi connectivity index (χ1n) is 13.5. The molecule has 10 N–H and O–H groups in total. The van der Waals surface area contributed by atoms with Crippen LogP contribution in [-0.2, 0) is 0 Å². The van der Waals surface area contributed by atoms with Crippen LogP contribution in [0.3, 0.4) is 0 Å². The van der Waals surface area contributed by atoms with Gasteiger partial charge in [-0.3, -0.25) is 33.6 Å². The lowest BCUT2D eigenvalue weighted by Gasteiger charge is -2.23. The van der Waals surface area contributed by atoms with Crippen LogP contribution in [0.25, 0.3) is 17.2 Å². The third kappa shape index (κ3) is 6.05. The smallest absolute Gasteiger partial charge is 0.266 e. The number of nitrogens with zero attached hydrogens (tertiary/aromatic N) is 1. The van der Waals surface area contributed by atoms with Gasteiger partial charge in [-0.05, 0) is 36.2 Å². The maximum Gasteiger partial charge on any atom is 0.266 e. The Morgan fingerprint density at radius 1 is 0.804 bits per heavy atom. The van der Waals surface area contributed by atoms with E-state index < -0.39 is 80.8 Å². The van der Waals surface area contributed by atoms with Crippen molar-refractivity contribution in [2.24, 2.45) is 22.9 Å². The molecule has 15 heteroatoms. The Morgan fingerprint density at radius 3 is 1.96 bits per heavy atom. The van der Waals surface area contributed by atoms with Crippen molar-refractivity contribution < 1.29 is 38.0 Å². The van der Waals surface area contributed by atoms with Crippen molar-refractivity contribution in [2.75, 3.05) is 5.32 Å². The van der Waals surface area contributed by atoms with Gasteiger partial charge in [0.2, 0.25) is 17.6 Å². The molecular formula is C31H27N7O8. The molecule has 4 rings (SSSR count). The number of rotatable bonds is 12. The average molecular weight is 626 g/mol. The molecule has 1 aromatic heterocycles. The van der Waals surface area contributed by atoms with Crippen LogP contribution < -0.4 is 33.6 Å². The summed E-state index contributed by atoms with van der Waals surface area (Å²) in [7, 11) is 0. The number of nitrogens with one attached hydrogen (secondary N) is 2. The molecule has 0 bridgehead atoms. The van der Waals surface area contributed by atoms with E-state index in [0.29, 0.717) is 16.7 Å². The summed E-state index contributed by atoms with van der Waals surface area (Å²) in [5.74, 6) is -9.23. The number of amides is 6. The standard InChI is InChI=1S/C31H27N7O8/c1-3-13-8-7-9-14(12-13)29(44)38-23-21(27(34)42)19(26(33)41)18(25(32)40)20(22(23)28(35)43)30(45)36-15(4-2)24(39)31-37-16-10-5-6-11-17(16)46-31/h3,5-12,15H,1,4H2,2H3,(H2,32,40)(H2,33,41)(H2,34,42)(H2,35,43)(H,36,45)(H,38,44)/t15-/m0/s1. The molecule has 4 aromatic rings. The van der Waals surface area contributed by atoms with Gasteiger partial charge < -0.3 is 38.0 Å². The molecule has 3 aromatic carbocycles. The van der Waals surface area contributed by atoms with Crippen molar-refractivity contribution in [2.45, 2.75) is 19.4 Å². The summed E-state index contributed by atoms with van der Waals surface area (Å²) in [5.41, 5.74) is 17.9. The Balaban J connectivity index is 1.94. The Hall–Kier alpha value is -6.64. The Labute approximate surface area is 260 Å². The summed E-state index contributed by atoms with van der Waals surface area (Å²) >= 11 is 0. The number of hydrogen-bond acceptors (Lipinski definition) is 9. The number of ketones is 1. The topological polar surface area (TPSA) is 274 Å². The van der Waals surface area contributed by atoms with Gasteiger partial charge in [-0.25, -0.2) is 4.98 Å². The highest BCUT2D eigenvalue weighted by molar-refractivity contribution is 6.27. The van der Waals surface area contributed by atoms with Gasteiger partial charge in [0.1, 0.15) is 5.52 Å². The van der Waals surface area contributed by atoms with Crippen LogP contribution in [0.4, 0.5) is 5.69 Å². The van der Waals surface area contributed by atoms with Crippen LogP contribution in [0.1, 0.15) is 91.7 Å². The number of primary amides is 4. The van der Waals surface area contributed by atoms with E-state index in [0.717, 1.165) is 0 Å². The monoisotopic (exact) mass is 625 g/mol. The van der Waals surface area contributed by atoms with Crippen LogP contribution >= 0.6 is 0 Å². The second-order valence-electron chi connectivity index (χ2n) is 9.78. The van der Waals surface area contributed by atoms with Gasteiger partial charge in [0.25, 0.3) is 29.5 Å². The van der Waals surface area contributed by atoms with Gasteiger partial charge in [-0.15, -0.1) is 0 Å². The normalized spacial score (nSPS) is 11.3. The molecule has 234 valence electrons. The molecule has 0 saturated heterocycles. The summed E-state index contributed by atoms with van der Waals surface area (Å²) in [4.78, 5) is 95.9. The maximum absolute atomic E-state index is 13.9. The van der Waals surface area contributed by atoms with E-state index in [1.807, 2.05) is 0 Å². The number of Topliss-reactive ketones (excluding diaryl/α,β-unsaturated/α-hetero) is 1. The quantitative estimate of drug-likeness (QED) is 0.124. The predicted octanol–water partition coefficient (Wildman–Crippen LogP) is 1.51. The molecule has 0 spiro atoms. The summed E-state index contributed by atoms with van der Waals surface area (Å²) in [5, 5.41) is 4.65. The first-order chi connectivity index (χ1) is 21.8. The number of anilines is 1. The molecule has 1 atom stereocenters. The van der Waals surface area contributed by atoms with Crippen molar-refractivity contribution in [3.8, 4) is 0 Å². The van der Waals surface area contributed by atoms with Gasteiger partial charge in [0.15, 0.2) is 5.58 Å². The zero-order valence-electron chi connectivity index (χ0n) is 24.2. The average Bonchev–Trinajstić information content (AvgIpc) is 3.46. The fourth-order valence-electron chi connectivity index (χ4n) is 4.79. The van der Waals surface area contributed by atoms with Gasteiger partial charge in [0.05, 0.1) is 39.5 Å². The number of carbonyl (C=O) groups excluding carboxylic acids is 7. The number of fused-ring (bicyclic) bond motifs is 1. The van der Waals surface area contributed by atoms with E-state index >= 15 is 0 Å². The number of nitrogens with two attached hydrogens (primary N) is 4. The van der Waals surface area contributed by atoms with E-state index in [2.05, 4.69) is 22.2 Å². The molecule has 0 aliphatic carbocycles. The maximum atomic E-state index is 13.9. The zero-order valence-corrected chi connectivity index (χ0v) is 24.2. The molecule has 1 heterocycles. The number of hydrogen-bond donors (Lipinski definition) is 6. The number of carbonyl (C=O) groups is 7. The molecule has 6 amide bonds. The molecule has 0 fully saturated rings. The van der Waals surface area contributed by atoms with E-state index in [1.165, 1.54) is 31.2 Å². The van der Waals surface area contributed by atoms with E-state index in [1.54, 1.807) is 30.3 Å². The fourth-order valence-corrected chi connectivity index (χ4v) is 4.79. The largest absolute Gasteiger partial charge is 0.434 e. The second kappa shape index (κ2) is 12.9. The minimum absolute atomic E-state index is 0.0103. The van der Waals surface area contributed by atoms with Crippen LogP contribution in [0.15, 0.2) is 59.5 Å². The van der Waals surface area contributed by atoms with Gasteiger partial charge in [0, 0.05) is 5.56 Å². The highest BCUT2D eigenvalue weighted by Gasteiger charge is 2.38. The molecule has 15 nitrogen and oxygen atoms in total. The highest BCUT2D eigenvalue weighted by atomic mass is 16.4. The highest BCUT2D eigenvalue weighted by Crippen LogP contribution is 2.33. The van der Waals surface area contributed by atoms with Crippen molar-refractivity contribution in [1.82, 2.24) is 10.3 Å². The molecule has 0 radical (unpaired) electrons. The first-order valence-corrected chi connectivity index (χ1v) is 13.5. The minimum Gasteiger partial charge on any atom is -0.434 e. The summed E-state index contributed by atoms with van der Waals surface area (Å²) < 4.78 is 5.51. The third-order valence-electron chi connectivity index (χ3n) is 6.87. The number of oxazole rings is 1. The number of para-hydroxylation sites is 2. The molecule has 0 aliphatic rings. The molecule has 46 heavy (non-hydrogen) atoms. The fraction of sp³-hybridized carbons (Fsp3) is 0.0968. The van der Waals surface area contributed by atoms with Crippen LogP contribution in [0.5, 0.6) is 0 Å². The number of benzene rings is 3. The molecule has 0 unspecified atom stereocenters. The van der Waals surface area contributed by atoms with Crippen LogP contribution in [-0.4, -0.2) is 52.3 Å². The van der Waals surface area contributed by atoms with Crippen LogP contribution in [0, 0.1) is 0 Å². The van der Waals surface area contributed by atoms with Crippen molar-refractivity contribution in [1.29, 1.82) is 0 Å². The lowest BCUT2D eigenvalue weighted by Crippen LogP contribution is -2.43.